The van der Waals surface area contributed by atoms with Gasteiger partial charge in [-0.05, 0) is 38.0 Å². The molecular weight excluding hydrogens is 232 g/mol. The van der Waals surface area contributed by atoms with Gasteiger partial charge in [-0.25, -0.2) is 0 Å². The van der Waals surface area contributed by atoms with E-state index in [1.807, 2.05) is 0 Å². The lowest BCUT2D eigenvalue weighted by Gasteiger charge is -2.27. The normalized spacial score (nSPS) is 29.6. The minimum absolute atomic E-state index is 0.0127. The Labute approximate surface area is 107 Å². The predicted octanol–water partition coefficient (Wildman–Crippen LogP) is 0.873. The highest BCUT2D eigenvalue weighted by Gasteiger charge is 2.31. The van der Waals surface area contributed by atoms with Crippen molar-refractivity contribution in [3.05, 3.63) is 0 Å². The Kier molecular flexibility index (Phi) is 4.22. The van der Waals surface area contributed by atoms with Gasteiger partial charge in [0.15, 0.2) is 0 Å². The summed E-state index contributed by atoms with van der Waals surface area (Å²) >= 11 is 0. The Morgan fingerprint density at radius 2 is 2.00 bits per heavy atom. The second-order valence-corrected chi connectivity index (χ2v) is 5.67. The quantitative estimate of drug-likeness (QED) is 0.679. The molecule has 0 radical (unpaired) electrons. The van der Waals surface area contributed by atoms with E-state index in [1.165, 1.54) is 0 Å². The summed E-state index contributed by atoms with van der Waals surface area (Å²) < 4.78 is 0. The van der Waals surface area contributed by atoms with Crippen molar-refractivity contribution >= 4 is 11.9 Å². The number of nitrogens with one attached hydrogen (secondary N) is 1. The lowest BCUT2D eigenvalue weighted by atomic mass is 9.85. The van der Waals surface area contributed by atoms with E-state index in [9.17, 15) is 9.59 Å². The highest BCUT2D eigenvalue weighted by atomic mass is 16.4. The molecule has 0 bridgehead atoms. The first-order valence-electron chi connectivity index (χ1n) is 6.84. The molecule has 3 unspecified atom stereocenters. The third kappa shape index (κ3) is 3.70. The predicted molar refractivity (Wildman–Crippen MR) is 66.8 cm³/mol. The molecule has 0 heterocycles. The molecule has 2 saturated carbocycles. The molecule has 18 heavy (non-hydrogen) atoms. The van der Waals surface area contributed by atoms with Gasteiger partial charge in [-0.3, -0.25) is 9.59 Å². The van der Waals surface area contributed by atoms with Crippen LogP contribution < -0.4 is 11.1 Å². The van der Waals surface area contributed by atoms with Crippen molar-refractivity contribution in [3.8, 4) is 0 Å². The van der Waals surface area contributed by atoms with Crippen molar-refractivity contribution in [1.82, 2.24) is 5.32 Å². The molecule has 2 fully saturated rings. The van der Waals surface area contributed by atoms with E-state index in [0.717, 1.165) is 32.1 Å². The van der Waals surface area contributed by atoms with Crippen LogP contribution in [0.1, 0.15) is 44.9 Å². The SMILES string of the molecule is NC(CC(=O)NC1CCCC(C(=O)O)C1)C1CC1. The molecule has 0 aliphatic heterocycles. The Morgan fingerprint density at radius 3 is 2.61 bits per heavy atom. The van der Waals surface area contributed by atoms with Gasteiger partial charge in [-0.2, -0.15) is 0 Å². The molecule has 2 aliphatic rings. The molecule has 2 aliphatic carbocycles. The van der Waals surface area contributed by atoms with Crippen LogP contribution in [0.25, 0.3) is 0 Å². The fourth-order valence-corrected chi connectivity index (χ4v) is 2.74. The van der Waals surface area contributed by atoms with Crippen molar-refractivity contribution in [2.24, 2.45) is 17.6 Å². The summed E-state index contributed by atoms with van der Waals surface area (Å²) in [5, 5.41) is 11.9. The number of carboxylic acid groups (broad SMARTS) is 1. The van der Waals surface area contributed by atoms with Crippen LogP contribution in [0.4, 0.5) is 0 Å². The summed E-state index contributed by atoms with van der Waals surface area (Å²) in [5.41, 5.74) is 5.91. The number of carboxylic acids is 1. The first-order chi connectivity index (χ1) is 8.56. The minimum atomic E-state index is -0.747. The lowest BCUT2D eigenvalue weighted by molar-refractivity contribution is -0.143. The standard InChI is InChI=1S/C13H22N2O3/c14-11(8-4-5-8)7-12(16)15-10-3-1-2-9(6-10)13(17)18/h8-11H,1-7,14H2,(H,15,16)(H,17,18). The van der Waals surface area contributed by atoms with Gasteiger partial charge in [-0.1, -0.05) is 6.42 Å². The summed E-state index contributed by atoms with van der Waals surface area (Å²) in [5.74, 6) is -0.552. The van der Waals surface area contributed by atoms with Gasteiger partial charge < -0.3 is 16.2 Å². The number of carbonyl (C=O) groups excluding carboxylic acids is 1. The fourth-order valence-electron chi connectivity index (χ4n) is 2.74. The first-order valence-corrected chi connectivity index (χ1v) is 6.84. The van der Waals surface area contributed by atoms with Crippen molar-refractivity contribution in [2.75, 3.05) is 0 Å². The number of aliphatic carboxylic acids is 1. The Hall–Kier alpha value is -1.10. The Bertz CT molecular complexity index is 328. The van der Waals surface area contributed by atoms with Crippen molar-refractivity contribution in [2.45, 2.75) is 57.0 Å². The van der Waals surface area contributed by atoms with E-state index in [-0.39, 0.29) is 23.9 Å². The molecule has 4 N–H and O–H groups in total. The summed E-state index contributed by atoms with van der Waals surface area (Å²) in [4.78, 5) is 22.7. The summed E-state index contributed by atoms with van der Waals surface area (Å²) in [6.45, 7) is 0. The highest BCUT2D eigenvalue weighted by Crippen LogP contribution is 2.32. The number of carbonyl (C=O) groups is 2. The maximum atomic E-state index is 11.8. The zero-order chi connectivity index (χ0) is 13.1. The van der Waals surface area contributed by atoms with Gasteiger partial charge in [0, 0.05) is 18.5 Å². The summed E-state index contributed by atoms with van der Waals surface area (Å²) in [7, 11) is 0. The molecule has 0 saturated heterocycles. The average Bonchev–Trinajstić information content (AvgIpc) is 3.12. The van der Waals surface area contributed by atoms with Gasteiger partial charge in [0.05, 0.1) is 5.92 Å². The average molecular weight is 254 g/mol. The van der Waals surface area contributed by atoms with Crippen molar-refractivity contribution in [1.29, 1.82) is 0 Å². The molecule has 0 aromatic rings. The van der Waals surface area contributed by atoms with Crippen molar-refractivity contribution < 1.29 is 14.7 Å². The maximum Gasteiger partial charge on any atom is 0.306 e. The van der Waals surface area contributed by atoms with Crippen LogP contribution in [0.15, 0.2) is 0 Å². The van der Waals surface area contributed by atoms with E-state index < -0.39 is 5.97 Å². The van der Waals surface area contributed by atoms with Crippen LogP contribution in [0.3, 0.4) is 0 Å². The Morgan fingerprint density at radius 1 is 1.28 bits per heavy atom. The van der Waals surface area contributed by atoms with E-state index in [1.54, 1.807) is 0 Å². The smallest absolute Gasteiger partial charge is 0.306 e. The molecular formula is C13H22N2O3. The third-order valence-corrected chi connectivity index (χ3v) is 4.04. The zero-order valence-corrected chi connectivity index (χ0v) is 10.6. The highest BCUT2D eigenvalue weighted by molar-refractivity contribution is 5.77. The molecule has 3 atom stereocenters. The molecule has 5 heteroatoms. The molecule has 0 aromatic heterocycles. The van der Waals surface area contributed by atoms with E-state index in [2.05, 4.69) is 5.32 Å². The number of rotatable bonds is 5. The molecule has 5 nitrogen and oxygen atoms in total. The largest absolute Gasteiger partial charge is 0.481 e. The third-order valence-electron chi connectivity index (χ3n) is 4.04. The summed E-state index contributed by atoms with van der Waals surface area (Å²) in [6, 6.07) is -0.0115. The Balaban J connectivity index is 1.74. The molecule has 2 rings (SSSR count). The monoisotopic (exact) mass is 254 g/mol. The molecule has 0 spiro atoms. The van der Waals surface area contributed by atoms with E-state index in [4.69, 9.17) is 10.8 Å². The molecule has 102 valence electrons. The number of nitrogens with two attached hydrogens (primary N) is 1. The fraction of sp³-hybridized carbons (Fsp3) is 0.846. The van der Waals surface area contributed by atoms with E-state index >= 15 is 0 Å². The second kappa shape index (κ2) is 5.69. The number of amides is 1. The topological polar surface area (TPSA) is 92.4 Å². The van der Waals surface area contributed by atoms with Gasteiger partial charge in [0.25, 0.3) is 0 Å². The van der Waals surface area contributed by atoms with Crippen LogP contribution in [-0.4, -0.2) is 29.1 Å². The summed E-state index contributed by atoms with van der Waals surface area (Å²) in [6.07, 6.45) is 5.69. The van der Waals surface area contributed by atoms with Crippen LogP contribution in [0.2, 0.25) is 0 Å². The zero-order valence-electron chi connectivity index (χ0n) is 10.6. The maximum absolute atomic E-state index is 11.8. The minimum Gasteiger partial charge on any atom is -0.481 e. The lowest BCUT2D eigenvalue weighted by Crippen LogP contribution is -2.42. The molecule has 1 amide bonds. The van der Waals surface area contributed by atoms with Gasteiger partial charge in [0.2, 0.25) is 5.91 Å². The van der Waals surface area contributed by atoms with Crippen LogP contribution in [0, 0.1) is 11.8 Å². The number of hydrogen-bond acceptors (Lipinski definition) is 3. The second-order valence-electron chi connectivity index (χ2n) is 5.67. The molecule has 0 aromatic carbocycles. The van der Waals surface area contributed by atoms with Gasteiger partial charge in [0.1, 0.15) is 0 Å². The van der Waals surface area contributed by atoms with Crippen LogP contribution in [0.5, 0.6) is 0 Å². The van der Waals surface area contributed by atoms with Gasteiger partial charge >= 0.3 is 5.97 Å². The number of hydrogen-bond donors (Lipinski definition) is 3. The van der Waals surface area contributed by atoms with E-state index in [0.29, 0.717) is 18.8 Å². The van der Waals surface area contributed by atoms with Crippen molar-refractivity contribution in [3.63, 3.8) is 0 Å². The van der Waals surface area contributed by atoms with Crippen LogP contribution >= 0.6 is 0 Å². The van der Waals surface area contributed by atoms with Gasteiger partial charge in [-0.15, -0.1) is 0 Å². The first kappa shape index (κ1) is 13.3. The van der Waals surface area contributed by atoms with Crippen LogP contribution in [-0.2, 0) is 9.59 Å².